The van der Waals surface area contributed by atoms with Crippen molar-refractivity contribution in [1.29, 1.82) is 0 Å². The van der Waals surface area contributed by atoms with Gasteiger partial charge in [0.2, 0.25) is 0 Å². The second-order valence-electron chi connectivity index (χ2n) is 12.2. The second kappa shape index (κ2) is 11.6. The molecule has 4 aromatic heterocycles. The summed E-state index contributed by atoms with van der Waals surface area (Å²) in [5.74, 6) is 1.34. The summed E-state index contributed by atoms with van der Waals surface area (Å²) in [7, 11) is 0. The van der Waals surface area contributed by atoms with Crippen LogP contribution >= 0.6 is 11.3 Å². The Morgan fingerprint density at radius 2 is 1.10 bits per heavy atom. The smallest absolute Gasteiger partial charge is 0.180 e. The van der Waals surface area contributed by atoms with E-state index in [-0.39, 0.29) is 0 Å². The molecule has 5 nitrogen and oxygen atoms in total. The Balaban J connectivity index is 1.20. The lowest BCUT2D eigenvalue weighted by Crippen LogP contribution is -1.96. The number of fused-ring (bicyclic) bond motifs is 6. The molecule has 4 heterocycles. The number of thiophene rings is 1. The van der Waals surface area contributed by atoms with Crippen molar-refractivity contribution in [2.45, 2.75) is 0 Å². The molecular weight excluding hydrogens is 633 g/mol. The molecule has 0 saturated heterocycles. The monoisotopic (exact) mass is 658 g/mol. The summed E-state index contributed by atoms with van der Waals surface area (Å²) >= 11 is 1.77. The number of furan rings is 1. The van der Waals surface area contributed by atoms with Crippen LogP contribution in [0.25, 0.3) is 98.8 Å². The van der Waals surface area contributed by atoms with Crippen LogP contribution in [0.1, 0.15) is 0 Å². The quantitative estimate of drug-likeness (QED) is 0.184. The lowest BCUT2D eigenvalue weighted by molar-refractivity contribution is 0.667. The van der Waals surface area contributed by atoms with Gasteiger partial charge in [-0.05, 0) is 42.5 Å². The zero-order valence-electron chi connectivity index (χ0n) is 26.6. The molecule has 10 aromatic rings. The van der Waals surface area contributed by atoms with Gasteiger partial charge in [0.25, 0.3) is 0 Å². The Labute approximate surface area is 291 Å². The van der Waals surface area contributed by atoms with Crippen LogP contribution in [0.5, 0.6) is 0 Å². The molecule has 0 saturated carbocycles. The van der Waals surface area contributed by atoms with Gasteiger partial charge in [0.15, 0.2) is 17.2 Å². The minimum absolute atomic E-state index is 0.660. The first-order valence-electron chi connectivity index (χ1n) is 16.5. The van der Waals surface area contributed by atoms with Gasteiger partial charge in [-0.2, -0.15) is 0 Å². The van der Waals surface area contributed by atoms with Crippen molar-refractivity contribution in [2.75, 3.05) is 0 Å². The summed E-state index contributed by atoms with van der Waals surface area (Å²) in [6.45, 7) is 0. The van der Waals surface area contributed by atoms with E-state index in [1.54, 1.807) is 11.3 Å². The number of hydrogen-bond acceptors (Lipinski definition) is 6. The first kappa shape index (κ1) is 28.5. The van der Waals surface area contributed by atoms with E-state index >= 15 is 0 Å². The van der Waals surface area contributed by atoms with Crippen LogP contribution in [-0.4, -0.2) is 19.9 Å². The summed E-state index contributed by atoms with van der Waals surface area (Å²) in [5.41, 5.74) is 9.83. The zero-order valence-corrected chi connectivity index (χ0v) is 27.4. The van der Waals surface area contributed by atoms with E-state index in [0.29, 0.717) is 17.2 Å². The molecule has 0 aliphatic carbocycles. The van der Waals surface area contributed by atoms with Gasteiger partial charge in [-0.15, -0.1) is 11.3 Å². The number of rotatable bonds is 5. The van der Waals surface area contributed by atoms with E-state index in [4.69, 9.17) is 24.4 Å². The number of para-hydroxylation sites is 1. The molecule has 50 heavy (non-hydrogen) atoms. The first-order valence-corrected chi connectivity index (χ1v) is 17.3. The third kappa shape index (κ3) is 4.77. The number of benzene rings is 6. The van der Waals surface area contributed by atoms with Gasteiger partial charge in [-0.25, -0.2) is 19.9 Å². The fourth-order valence-electron chi connectivity index (χ4n) is 6.75. The molecule has 0 aliphatic rings. The molecule has 0 unspecified atom stereocenters. The van der Waals surface area contributed by atoms with E-state index < -0.39 is 0 Å². The third-order valence-electron chi connectivity index (χ3n) is 9.13. The molecule has 0 N–H and O–H groups in total. The fraction of sp³-hybridized carbons (Fsp3) is 0. The van der Waals surface area contributed by atoms with Gasteiger partial charge in [0.05, 0.1) is 11.4 Å². The molecule has 6 heteroatoms. The van der Waals surface area contributed by atoms with Crippen LogP contribution in [0, 0.1) is 0 Å². The van der Waals surface area contributed by atoms with Crippen LogP contribution in [0.15, 0.2) is 162 Å². The largest absolute Gasteiger partial charge is 0.452 e. The highest BCUT2D eigenvalue weighted by molar-refractivity contribution is 7.26. The van der Waals surface area contributed by atoms with Crippen LogP contribution in [0.2, 0.25) is 0 Å². The molecule has 0 spiro atoms. The van der Waals surface area contributed by atoms with Gasteiger partial charge in [0.1, 0.15) is 16.8 Å². The predicted octanol–water partition coefficient (Wildman–Crippen LogP) is 11.9. The first-order chi connectivity index (χ1) is 24.8. The number of aromatic nitrogens is 4. The Bertz CT molecular complexity index is 2810. The van der Waals surface area contributed by atoms with Crippen molar-refractivity contribution < 1.29 is 4.42 Å². The maximum absolute atomic E-state index is 6.38. The molecule has 0 amide bonds. The molecule has 10 rings (SSSR count). The average molecular weight is 659 g/mol. The number of hydrogen-bond donors (Lipinski definition) is 0. The summed E-state index contributed by atoms with van der Waals surface area (Å²) in [4.78, 5) is 20.6. The third-order valence-corrected chi connectivity index (χ3v) is 10.3. The van der Waals surface area contributed by atoms with Crippen molar-refractivity contribution in [3.63, 3.8) is 0 Å². The van der Waals surface area contributed by atoms with Gasteiger partial charge >= 0.3 is 0 Å². The maximum atomic E-state index is 6.38. The number of nitrogens with zero attached hydrogens (tertiary/aromatic N) is 4. The SMILES string of the molecule is c1ccc(-c2cc(-c3ccccc3)nc(-c3ccc4sc5cccc(-c6nc(-c7ccccc7)c7oc8ccccc8c7n6)c5c4c3)n2)cc1. The highest BCUT2D eigenvalue weighted by Gasteiger charge is 2.21. The molecule has 0 radical (unpaired) electrons. The lowest BCUT2D eigenvalue weighted by atomic mass is 10.0. The lowest BCUT2D eigenvalue weighted by Gasteiger charge is -2.10. The van der Waals surface area contributed by atoms with E-state index in [1.165, 1.54) is 9.40 Å². The summed E-state index contributed by atoms with van der Waals surface area (Å²) in [5, 5.41) is 3.20. The van der Waals surface area contributed by atoms with Crippen LogP contribution < -0.4 is 0 Å². The van der Waals surface area contributed by atoms with Gasteiger partial charge in [-0.1, -0.05) is 115 Å². The van der Waals surface area contributed by atoms with Crippen LogP contribution in [0.3, 0.4) is 0 Å². The minimum atomic E-state index is 0.660. The summed E-state index contributed by atoms with van der Waals surface area (Å²) < 4.78 is 8.73. The molecule has 0 atom stereocenters. The minimum Gasteiger partial charge on any atom is -0.452 e. The molecular formula is C44H26N4OS. The van der Waals surface area contributed by atoms with Crippen molar-refractivity contribution in [3.8, 4) is 56.5 Å². The standard InChI is InChI=1S/C44H26N4OS/c1-4-13-27(14-5-1)34-26-35(28-15-6-2-7-16-28)46-43(45-34)30-23-24-37-33(25-30)39-32(20-12-22-38(39)50-37)44-47-40(29-17-8-3-9-18-29)42-41(48-44)31-19-10-11-21-36(31)49-42/h1-26H. The van der Waals surface area contributed by atoms with E-state index in [1.807, 2.05) is 72.8 Å². The Kier molecular flexibility index (Phi) is 6.60. The van der Waals surface area contributed by atoms with Gasteiger partial charge < -0.3 is 4.42 Å². The highest BCUT2D eigenvalue weighted by Crippen LogP contribution is 2.42. The zero-order chi connectivity index (χ0) is 33.0. The topological polar surface area (TPSA) is 64.7 Å². The van der Waals surface area contributed by atoms with Gasteiger partial charge in [0, 0.05) is 53.4 Å². The molecule has 6 aromatic carbocycles. The Morgan fingerprint density at radius 3 is 1.82 bits per heavy atom. The average Bonchev–Trinajstić information content (AvgIpc) is 3.76. The van der Waals surface area contributed by atoms with E-state index in [9.17, 15) is 0 Å². The van der Waals surface area contributed by atoms with Gasteiger partial charge in [-0.3, -0.25) is 0 Å². The van der Waals surface area contributed by atoms with E-state index in [2.05, 4.69) is 84.9 Å². The maximum Gasteiger partial charge on any atom is 0.180 e. The van der Waals surface area contributed by atoms with Crippen molar-refractivity contribution in [1.82, 2.24) is 19.9 Å². The summed E-state index contributed by atoms with van der Waals surface area (Å²) in [6.07, 6.45) is 0. The van der Waals surface area contributed by atoms with Crippen LogP contribution in [-0.2, 0) is 0 Å². The molecule has 234 valence electrons. The molecule has 0 aliphatic heterocycles. The highest BCUT2D eigenvalue weighted by atomic mass is 32.1. The summed E-state index contributed by atoms with van der Waals surface area (Å²) in [6, 6.07) is 53.8. The second-order valence-corrected chi connectivity index (χ2v) is 13.3. The Morgan fingerprint density at radius 1 is 0.440 bits per heavy atom. The van der Waals surface area contributed by atoms with Crippen LogP contribution in [0.4, 0.5) is 0 Å². The van der Waals surface area contributed by atoms with Crippen molar-refractivity contribution >= 4 is 53.6 Å². The van der Waals surface area contributed by atoms with E-state index in [0.717, 1.165) is 72.2 Å². The predicted molar refractivity (Wildman–Crippen MR) is 205 cm³/mol. The normalized spacial score (nSPS) is 11.6. The molecule has 0 fully saturated rings. The van der Waals surface area contributed by atoms with Crippen molar-refractivity contribution in [2.24, 2.45) is 0 Å². The Hall–Kier alpha value is -6.50. The van der Waals surface area contributed by atoms with Crippen molar-refractivity contribution in [3.05, 3.63) is 158 Å². The fourth-order valence-corrected chi connectivity index (χ4v) is 7.86. The molecule has 0 bridgehead atoms.